The summed E-state index contributed by atoms with van der Waals surface area (Å²) in [5.41, 5.74) is 0.840. The minimum absolute atomic E-state index is 0.441. The van der Waals surface area contributed by atoms with Gasteiger partial charge in [-0.3, -0.25) is 4.79 Å². The third-order valence-corrected chi connectivity index (χ3v) is 3.32. The van der Waals surface area contributed by atoms with Crippen molar-refractivity contribution in [2.45, 2.75) is 0 Å². The molecule has 0 aliphatic rings. The summed E-state index contributed by atoms with van der Waals surface area (Å²) in [6.07, 6.45) is 2.35. The zero-order valence-corrected chi connectivity index (χ0v) is 9.73. The number of thiazole rings is 1. The highest BCUT2D eigenvalue weighted by atomic mass is 35.5. The van der Waals surface area contributed by atoms with Crippen LogP contribution in [0.3, 0.4) is 0 Å². The lowest BCUT2D eigenvalue weighted by Crippen LogP contribution is -1.74. The highest BCUT2D eigenvalue weighted by molar-refractivity contribution is 7.16. The van der Waals surface area contributed by atoms with Crippen LogP contribution in [0, 0.1) is 0 Å². The van der Waals surface area contributed by atoms with Crippen LogP contribution in [0.1, 0.15) is 9.80 Å². The maximum absolute atomic E-state index is 10.5. The quantitative estimate of drug-likeness (QED) is 0.764. The van der Waals surface area contributed by atoms with Gasteiger partial charge in [0.15, 0.2) is 11.3 Å². The van der Waals surface area contributed by atoms with Crippen molar-refractivity contribution in [1.82, 2.24) is 4.98 Å². The van der Waals surface area contributed by atoms with Gasteiger partial charge in [0.05, 0.1) is 9.90 Å². The van der Waals surface area contributed by atoms with E-state index in [-0.39, 0.29) is 0 Å². The molecule has 0 fully saturated rings. The van der Waals surface area contributed by atoms with E-state index in [0.717, 1.165) is 16.7 Å². The zero-order valence-electron chi connectivity index (χ0n) is 7.41. The molecule has 5 heteroatoms. The molecule has 0 atom stereocenters. The Balaban J connectivity index is 2.49. The summed E-state index contributed by atoms with van der Waals surface area (Å²) in [5.74, 6) is 0. The lowest BCUT2D eigenvalue weighted by molar-refractivity contribution is 0.112. The van der Waals surface area contributed by atoms with Gasteiger partial charge in [0.25, 0.3) is 0 Å². The van der Waals surface area contributed by atoms with E-state index in [9.17, 15) is 4.79 Å². The topological polar surface area (TPSA) is 30.0 Å². The van der Waals surface area contributed by atoms with E-state index in [1.807, 2.05) is 6.07 Å². The maximum Gasteiger partial charge on any atom is 0.178 e. The highest BCUT2D eigenvalue weighted by Crippen LogP contribution is 2.33. The number of halogens is 2. The van der Waals surface area contributed by atoms with Crippen LogP contribution in [0.25, 0.3) is 10.4 Å². The van der Waals surface area contributed by atoms with Crippen molar-refractivity contribution < 1.29 is 4.79 Å². The number of hydrogen-bond donors (Lipinski definition) is 0. The molecule has 0 unspecified atom stereocenters. The summed E-state index contributed by atoms with van der Waals surface area (Å²) in [7, 11) is 0. The summed E-state index contributed by atoms with van der Waals surface area (Å²) < 4.78 is 0. The number of carbonyl (C=O) groups is 1. The van der Waals surface area contributed by atoms with Crippen LogP contribution >= 0.6 is 34.5 Å². The van der Waals surface area contributed by atoms with Gasteiger partial charge in [0.1, 0.15) is 0 Å². The van der Waals surface area contributed by atoms with Crippen molar-refractivity contribution in [3.8, 4) is 10.4 Å². The summed E-state index contributed by atoms with van der Waals surface area (Å²) in [4.78, 5) is 15.3. The molecule has 0 amide bonds. The van der Waals surface area contributed by atoms with Gasteiger partial charge in [0.2, 0.25) is 0 Å². The van der Waals surface area contributed by atoms with Gasteiger partial charge >= 0.3 is 0 Å². The molecule has 2 aromatic rings. The van der Waals surface area contributed by atoms with E-state index < -0.39 is 0 Å². The van der Waals surface area contributed by atoms with E-state index in [2.05, 4.69) is 4.98 Å². The first-order valence-corrected chi connectivity index (χ1v) is 5.64. The van der Waals surface area contributed by atoms with Crippen LogP contribution in [-0.2, 0) is 0 Å². The monoisotopic (exact) mass is 257 g/mol. The van der Waals surface area contributed by atoms with E-state index in [1.165, 1.54) is 11.3 Å². The van der Waals surface area contributed by atoms with Gasteiger partial charge in [-0.25, -0.2) is 4.98 Å². The third-order valence-electron chi connectivity index (χ3n) is 1.82. The highest BCUT2D eigenvalue weighted by Gasteiger charge is 2.07. The van der Waals surface area contributed by atoms with E-state index in [0.29, 0.717) is 15.1 Å². The average molecular weight is 258 g/mol. The fourth-order valence-corrected chi connectivity index (χ4v) is 2.49. The van der Waals surface area contributed by atoms with Gasteiger partial charge in [-0.15, -0.1) is 11.3 Å². The first-order chi connectivity index (χ1) is 7.20. The number of aromatic nitrogens is 1. The number of carbonyl (C=O) groups excluding carboxylic acids is 1. The minimum Gasteiger partial charge on any atom is -0.295 e. The van der Waals surface area contributed by atoms with Crippen LogP contribution in [0.4, 0.5) is 0 Å². The molecule has 2 rings (SSSR count). The van der Waals surface area contributed by atoms with E-state index in [1.54, 1.807) is 18.3 Å². The standard InChI is InChI=1S/C10H5Cl2NOS/c11-6-1-2-7(8(12)3-6)9-4-13-10(5-14)15-9/h1-5H. The Kier molecular flexibility index (Phi) is 3.05. The predicted molar refractivity (Wildman–Crippen MR) is 63.0 cm³/mol. The SMILES string of the molecule is O=Cc1ncc(-c2ccc(Cl)cc2Cl)s1. The Morgan fingerprint density at radius 2 is 2.13 bits per heavy atom. The molecule has 0 saturated carbocycles. The number of aldehydes is 1. The summed E-state index contributed by atoms with van der Waals surface area (Å²) >= 11 is 13.1. The van der Waals surface area contributed by atoms with E-state index >= 15 is 0 Å². The first kappa shape index (κ1) is 10.6. The second kappa shape index (κ2) is 4.31. The third kappa shape index (κ3) is 2.20. The second-order valence-electron chi connectivity index (χ2n) is 2.80. The molecule has 0 bridgehead atoms. The fourth-order valence-electron chi connectivity index (χ4n) is 1.16. The summed E-state index contributed by atoms with van der Waals surface area (Å²) in [6.45, 7) is 0. The Hall–Kier alpha value is -0.900. The molecule has 15 heavy (non-hydrogen) atoms. The molecular weight excluding hydrogens is 253 g/mol. The van der Waals surface area contributed by atoms with Gasteiger partial charge in [-0.2, -0.15) is 0 Å². The first-order valence-electron chi connectivity index (χ1n) is 4.07. The van der Waals surface area contributed by atoms with E-state index in [4.69, 9.17) is 23.2 Å². The molecule has 1 aromatic carbocycles. The zero-order chi connectivity index (χ0) is 10.8. The van der Waals surface area contributed by atoms with Crippen LogP contribution in [0.5, 0.6) is 0 Å². The van der Waals surface area contributed by atoms with Crippen LogP contribution in [-0.4, -0.2) is 11.3 Å². The van der Waals surface area contributed by atoms with Gasteiger partial charge < -0.3 is 0 Å². The number of hydrogen-bond acceptors (Lipinski definition) is 3. The van der Waals surface area contributed by atoms with Crippen LogP contribution in [0.15, 0.2) is 24.4 Å². The number of rotatable bonds is 2. The molecule has 2 nitrogen and oxygen atoms in total. The van der Waals surface area contributed by atoms with Crippen molar-refractivity contribution in [2.24, 2.45) is 0 Å². The number of benzene rings is 1. The normalized spacial score (nSPS) is 10.3. The van der Waals surface area contributed by atoms with Crippen LogP contribution < -0.4 is 0 Å². The van der Waals surface area contributed by atoms with Crippen molar-refractivity contribution in [2.75, 3.05) is 0 Å². The second-order valence-corrected chi connectivity index (χ2v) is 4.71. The molecule has 0 N–H and O–H groups in total. The summed E-state index contributed by atoms with van der Waals surface area (Å²) in [5, 5.41) is 1.59. The van der Waals surface area contributed by atoms with Gasteiger partial charge in [-0.05, 0) is 12.1 Å². The van der Waals surface area contributed by atoms with Crippen molar-refractivity contribution in [1.29, 1.82) is 0 Å². The molecule has 76 valence electrons. The van der Waals surface area contributed by atoms with Crippen LogP contribution in [0.2, 0.25) is 10.0 Å². The molecule has 1 aromatic heterocycles. The average Bonchev–Trinajstić information content (AvgIpc) is 2.66. The lowest BCUT2D eigenvalue weighted by atomic mass is 10.2. The molecule has 0 aliphatic heterocycles. The maximum atomic E-state index is 10.5. The molecule has 0 spiro atoms. The molecule has 0 radical (unpaired) electrons. The smallest absolute Gasteiger partial charge is 0.178 e. The van der Waals surface area contributed by atoms with Crippen molar-refractivity contribution >= 4 is 40.8 Å². The Morgan fingerprint density at radius 3 is 2.73 bits per heavy atom. The lowest BCUT2D eigenvalue weighted by Gasteiger charge is -2.00. The predicted octanol–water partition coefficient (Wildman–Crippen LogP) is 3.93. The largest absolute Gasteiger partial charge is 0.295 e. The Morgan fingerprint density at radius 1 is 1.33 bits per heavy atom. The molecule has 0 aliphatic carbocycles. The Bertz CT molecular complexity index is 510. The van der Waals surface area contributed by atoms with Crippen molar-refractivity contribution in [3.05, 3.63) is 39.4 Å². The summed E-state index contributed by atoms with van der Waals surface area (Å²) in [6, 6.07) is 5.23. The minimum atomic E-state index is 0.441. The molecular formula is C10H5Cl2NOS. The molecule has 1 heterocycles. The molecule has 0 saturated heterocycles. The number of nitrogens with zero attached hydrogens (tertiary/aromatic N) is 1. The van der Waals surface area contributed by atoms with Gasteiger partial charge in [-0.1, -0.05) is 29.3 Å². The van der Waals surface area contributed by atoms with Gasteiger partial charge in [0, 0.05) is 16.8 Å². The Labute approximate surface area is 100 Å². The fraction of sp³-hybridized carbons (Fsp3) is 0. The van der Waals surface area contributed by atoms with Crippen molar-refractivity contribution in [3.63, 3.8) is 0 Å².